The summed E-state index contributed by atoms with van der Waals surface area (Å²) in [6.45, 7) is 7.79. The number of aromatic nitrogens is 4. The summed E-state index contributed by atoms with van der Waals surface area (Å²) in [6, 6.07) is 5.94. The summed E-state index contributed by atoms with van der Waals surface area (Å²) in [5, 5.41) is 8.69. The molecule has 1 aliphatic rings. The first-order valence-corrected chi connectivity index (χ1v) is 11.2. The molecule has 1 fully saturated rings. The van der Waals surface area contributed by atoms with Crippen LogP contribution >= 0.6 is 7.14 Å². The Morgan fingerprint density at radius 1 is 1.31 bits per heavy atom. The molecule has 0 saturated carbocycles. The van der Waals surface area contributed by atoms with E-state index in [9.17, 15) is 4.57 Å². The molecule has 1 atom stereocenters. The molecule has 4 rings (SSSR count). The summed E-state index contributed by atoms with van der Waals surface area (Å²) >= 11 is 0. The molecule has 0 amide bonds. The van der Waals surface area contributed by atoms with E-state index in [0.29, 0.717) is 13.2 Å². The van der Waals surface area contributed by atoms with Gasteiger partial charge in [0.25, 0.3) is 0 Å². The minimum atomic E-state index is -2.51. The fraction of sp³-hybridized carbons (Fsp3) is 0.389. The molecule has 0 bridgehead atoms. The maximum absolute atomic E-state index is 13.0. The summed E-state index contributed by atoms with van der Waals surface area (Å²) < 4.78 is 18.6. The van der Waals surface area contributed by atoms with Crippen molar-refractivity contribution in [1.82, 2.24) is 20.2 Å². The van der Waals surface area contributed by atoms with Crippen LogP contribution < -0.4 is 10.2 Å². The van der Waals surface area contributed by atoms with E-state index in [-0.39, 0.29) is 6.04 Å². The number of nitrogens with one attached hydrogen (secondary N) is 1. The molecule has 0 aliphatic carbocycles. The Morgan fingerprint density at radius 3 is 2.85 bits per heavy atom. The number of H-pyrrole nitrogens is 1. The maximum atomic E-state index is 13.0. The third-order valence-electron chi connectivity index (χ3n) is 4.69. The zero-order valence-corrected chi connectivity index (χ0v) is 16.0. The topological polar surface area (TPSA) is 84.0 Å². The average Bonchev–Trinajstić information content (AvgIpc) is 3.14. The fourth-order valence-electron chi connectivity index (χ4n) is 3.37. The number of nitrogens with zero attached hydrogens (tertiary/aromatic N) is 4. The van der Waals surface area contributed by atoms with E-state index in [4.69, 9.17) is 9.72 Å². The van der Waals surface area contributed by atoms with Crippen molar-refractivity contribution in [3.8, 4) is 11.4 Å². The van der Waals surface area contributed by atoms with Crippen molar-refractivity contribution in [2.45, 2.75) is 13.0 Å². The Bertz CT molecular complexity index is 983. The highest BCUT2D eigenvalue weighted by Gasteiger charge is 2.25. The first-order valence-electron chi connectivity index (χ1n) is 8.64. The van der Waals surface area contributed by atoms with E-state index in [1.165, 1.54) is 0 Å². The molecule has 1 aliphatic heterocycles. The predicted molar refractivity (Wildman–Crippen MR) is 104 cm³/mol. The SMILES string of the molecule is C[C@@H]1COCCN1c1cc(P(C)(C)=O)c2ccnc(-c3ccn[nH]3)c2n1. The van der Waals surface area contributed by atoms with E-state index < -0.39 is 7.14 Å². The second-order valence-electron chi connectivity index (χ2n) is 6.99. The molecule has 0 unspecified atom stereocenters. The normalized spacial score (nSPS) is 18.4. The summed E-state index contributed by atoms with van der Waals surface area (Å²) in [6.07, 6.45) is 3.42. The fourth-order valence-corrected chi connectivity index (χ4v) is 4.55. The first-order chi connectivity index (χ1) is 12.4. The van der Waals surface area contributed by atoms with Crippen LogP contribution in [0.4, 0.5) is 5.82 Å². The summed E-state index contributed by atoms with van der Waals surface area (Å²) in [7, 11) is -2.51. The van der Waals surface area contributed by atoms with E-state index in [1.54, 1.807) is 25.7 Å². The van der Waals surface area contributed by atoms with E-state index >= 15 is 0 Å². The van der Waals surface area contributed by atoms with Gasteiger partial charge in [0.2, 0.25) is 0 Å². The van der Waals surface area contributed by atoms with Gasteiger partial charge in [0, 0.05) is 29.6 Å². The monoisotopic (exact) mass is 371 g/mol. The number of rotatable bonds is 3. The number of aromatic amines is 1. The first kappa shape index (κ1) is 17.2. The molecular weight excluding hydrogens is 349 g/mol. The van der Waals surface area contributed by atoms with Gasteiger partial charge >= 0.3 is 0 Å². The average molecular weight is 371 g/mol. The number of morpholine rings is 1. The van der Waals surface area contributed by atoms with Crippen LogP contribution in [0.15, 0.2) is 30.6 Å². The summed E-state index contributed by atoms with van der Waals surface area (Å²) in [5.41, 5.74) is 2.26. The molecule has 1 N–H and O–H groups in total. The Morgan fingerprint density at radius 2 is 2.15 bits per heavy atom. The van der Waals surface area contributed by atoms with Crippen LogP contribution in [-0.2, 0) is 9.30 Å². The zero-order chi connectivity index (χ0) is 18.3. The molecule has 4 heterocycles. The highest BCUT2D eigenvalue weighted by Crippen LogP contribution is 2.40. The van der Waals surface area contributed by atoms with Gasteiger partial charge in [-0.1, -0.05) is 0 Å². The molecule has 26 heavy (non-hydrogen) atoms. The number of hydrogen-bond acceptors (Lipinski definition) is 6. The lowest BCUT2D eigenvalue weighted by atomic mass is 10.1. The Balaban J connectivity index is 1.99. The number of anilines is 1. The molecule has 0 radical (unpaired) electrons. The van der Waals surface area contributed by atoms with Crippen LogP contribution in [0.1, 0.15) is 6.92 Å². The van der Waals surface area contributed by atoms with Crippen LogP contribution in [0.25, 0.3) is 22.3 Å². The predicted octanol–water partition coefficient (Wildman–Crippen LogP) is 2.49. The number of hydrogen-bond donors (Lipinski definition) is 1. The molecule has 8 heteroatoms. The van der Waals surface area contributed by atoms with Crippen LogP contribution in [0.5, 0.6) is 0 Å². The van der Waals surface area contributed by atoms with Gasteiger partial charge in [-0.2, -0.15) is 5.10 Å². The van der Waals surface area contributed by atoms with Gasteiger partial charge in [0.1, 0.15) is 24.2 Å². The van der Waals surface area contributed by atoms with Gasteiger partial charge in [-0.25, -0.2) is 4.98 Å². The number of pyridine rings is 2. The van der Waals surface area contributed by atoms with Gasteiger partial charge in [-0.3, -0.25) is 10.1 Å². The third-order valence-corrected chi connectivity index (χ3v) is 6.22. The highest BCUT2D eigenvalue weighted by atomic mass is 31.2. The van der Waals surface area contributed by atoms with E-state index in [2.05, 4.69) is 27.0 Å². The van der Waals surface area contributed by atoms with Gasteiger partial charge < -0.3 is 14.2 Å². The summed E-state index contributed by atoms with van der Waals surface area (Å²) in [5.74, 6) is 0.820. The van der Waals surface area contributed by atoms with E-state index in [0.717, 1.165) is 40.0 Å². The van der Waals surface area contributed by atoms with Crippen LogP contribution in [0.2, 0.25) is 0 Å². The highest BCUT2D eigenvalue weighted by molar-refractivity contribution is 7.70. The third kappa shape index (κ3) is 3.02. The van der Waals surface area contributed by atoms with E-state index in [1.807, 2.05) is 18.2 Å². The molecular formula is C18H22N5O2P. The minimum absolute atomic E-state index is 0.210. The van der Waals surface area contributed by atoms with Gasteiger partial charge in [-0.15, -0.1) is 0 Å². The second-order valence-corrected chi connectivity index (χ2v) is 10.2. The lowest BCUT2D eigenvalue weighted by molar-refractivity contribution is 0.0986. The molecule has 1 saturated heterocycles. The van der Waals surface area contributed by atoms with Crippen molar-refractivity contribution in [3.63, 3.8) is 0 Å². The minimum Gasteiger partial charge on any atom is -0.377 e. The van der Waals surface area contributed by atoms with Crippen LogP contribution in [-0.4, -0.2) is 59.3 Å². The van der Waals surface area contributed by atoms with Crippen molar-refractivity contribution in [1.29, 1.82) is 0 Å². The molecule has 136 valence electrons. The van der Waals surface area contributed by atoms with Crippen LogP contribution in [0.3, 0.4) is 0 Å². The molecule has 0 aromatic carbocycles. The van der Waals surface area contributed by atoms with Crippen molar-refractivity contribution in [2.75, 3.05) is 38.0 Å². The number of ether oxygens (including phenoxy) is 1. The molecule has 3 aromatic rings. The lowest BCUT2D eigenvalue weighted by Crippen LogP contribution is -2.44. The van der Waals surface area contributed by atoms with Crippen LogP contribution in [0, 0.1) is 0 Å². The molecule has 0 spiro atoms. The van der Waals surface area contributed by atoms with Crippen molar-refractivity contribution in [2.24, 2.45) is 0 Å². The van der Waals surface area contributed by atoms with Gasteiger partial charge in [0.15, 0.2) is 0 Å². The summed E-state index contributed by atoms with van der Waals surface area (Å²) in [4.78, 5) is 11.6. The second kappa shape index (κ2) is 6.49. The van der Waals surface area contributed by atoms with Gasteiger partial charge in [-0.05, 0) is 38.5 Å². The molecule has 7 nitrogen and oxygen atoms in total. The largest absolute Gasteiger partial charge is 0.377 e. The standard InChI is InChI=1S/C18H22N5O2P/c1-12-11-25-9-8-23(12)16-10-15(26(2,3)24)13-4-6-19-18(17(13)21-16)14-5-7-20-22-14/h4-7,10,12H,8-9,11H2,1-3H3,(H,20,22)/t12-/m1/s1. The van der Waals surface area contributed by atoms with Crippen molar-refractivity contribution < 1.29 is 9.30 Å². The Hall–Kier alpha value is -2.24. The Labute approximate surface area is 152 Å². The smallest absolute Gasteiger partial charge is 0.130 e. The Kier molecular flexibility index (Phi) is 4.29. The van der Waals surface area contributed by atoms with Gasteiger partial charge in [0.05, 0.1) is 24.9 Å². The maximum Gasteiger partial charge on any atom is 0.130 e. The van der Waals surface area contributed by atoms with Crippen molar-refractivity contribution >= 4 is 29.2 Å². The lowest BCUT2D eigenvalue weighted by Gasteiger charge is -2.34. The quantitative estimate of drug-likeness (QED) is 0.712. The van der Waals surface area contributed by atoms with Crippen molar-refractivity contribution in [3.05, 3.63) is 30.6 Å². The molecule has 3 aromatic heterocycles. The zero-order valence-electron chi connectivity index (χ0n) is 15.1. The number of fused-ring (bicyclic) bond motifs is 1.